The molecule has 7 heteroatoms. The van der Waals surface area contributed by atoms with Crippen LogP contribution in [-0.4, -0.2) is 84.1 Å². The van der Waals surface area contributed by atoms with Crippen molar-refractivity contribution < 1.29 is 9.90 Å². The molecule has 0 saturated carbocycles. The quantitative estimate of drug-likeness (QED) is 0.717. The Kier molecular flexibility index (Phi) is 4.97. The van der Waals surface area contributed by atoms with Crippen LogP contribution >= 0.6 is 0 Å². The van der Waals surface area contributed by atoms with Crippen molar-refractivity contribution in [1.29, 1.82) is 0 Å². The molecule has 1 fully saturated rings. The third kappa shape index (κ3) is 3.40. The van der Waals surface area contributed by atoms with Crippen molar-refractivity contribution in [2.45, 2.75) is 19.5 Å². The van der Waals surface area contributed by atoms with Crippen molar-refractivity contribution in [2.75, 3.05) is 45.9 Å². The highest BCUT2D eigenvalue weighted by molar-refractivity contribution is 6.01. The number of nitrogens with one attached hydrogen (secondary N) is 1. The number of hydrogen-bond acceptors (Lipinski definition) is 6. The molecule has 7 nitrogen and oxygen atoms in total. The second-order valence-corrected chi connectivity index (χ2v) is 6.06. The van der Waals surface area contributed by atoms with Gasteiger partial charge in [-0.15, -0.1) is 0 Å². The second-order valence-electron chi connectivity index (χ2n) is 6.06. The highest BCUT2D eigenvalue weighted by Gasteiger charge is 2.32. The van der Waals surface area contributed by atoms with Gasteiger partial charge in [0.1, 0.15) is 12.0 Å². The Bertz CT molecular complexity index is 535. The maximum Gasteiger partial charge on any atom is 0.278 e. The molecule has 0 spiro atoms. The summed E-state index contributed by atoms with van der Waals surface area (Å²) in [4.78, 5) is 22.6. The lowest BCUT2D eigenvalue weighted by molar-refractivity contribution is -0.115. The Labute approximate surface area is 136 Å². The van der Waals surface area contributed by atoms with Crippen molar-refractivity contribution in [1.82, 2.24) is 20.0 Å². The van der Waals surface area contributed by atoms with Crippen LogP contribution in [0.25, 0.3) is 0 Å². The number of carbonyl (C=O) groups is 1. The molecule has 2 N–H and O–H groups in total. The molecule has 1 atom stereocenters. The number of nitrogens with zero attached hydrogens (tertiary/aromatic N) is 4. The SMILES string of the molecule is CCCN1C=NC(=O)C2=CC=C(N3CCN(CCO)CC3)NC21. The molecule has 3 rings (SSSR count). The van der Waals surface area contributed by atoms with Gasteiger partial charge < -0.3 is 20.2 Å². The Balaban J connectivity index is 1.68. The highest BCUT2D eigenvalue weighted by Crippen LogP contribution is 2.21. The van der Waals surface area contributed by atoms with Crippen LogP contribution in [0.4, 0.5) is 0 Å². The number of amides is 1. The average molecular weight is 319 g/mol. The van der Waals surface area contributed by atoms with E-state index in [4.69, 9.17) is 5.11 Å². The van der Waals surface area contributed by atoms with Crippen LogP contribution in [0, 0.1) is 0 Å². The van der Waals surface area contributed by atoms with Crippen LogP contribution in [0.15, 0.2) is 28.5 Å². The molecule has 3 aliphatic rings. The van der Waals surface area contributed by atoms with Gasteiger partial charge in [-0.3, -0.25) is 9.69 Å². The van der Waals surface area contributed by atoms with Crippen molar-refractivity contribution in [3.05, 3.63) is 23.5 Å². The van der Waals surface area contributed by atoms with E-state index in [0.29, 0.717) is 5.57 Å². The fourth-order valence-corrected chi connectivity index (χ4v) is 3.24. The lowest BCUT2D eigenvalue weighted by Crippen LogP contribution is -2.55. The highest BCUT2D eigenvalue weighted by atomic mass is 16.3. The Morgan fingerprint density at radius 1 is 1.26 bits per heavy atom. The molecule has 0 radical (unpaired) electrons. The van der Waals surface area contributed by atoms with Crippen molar-refractivity contribution >= 4 is 12.2 Å². The molecule has 0 aromatic carbocycles. The summed E-state index contributed by atoms with van der Waals surface area (Å²) in [5.41, 5.74) is 0.712. The van der Waals surface area contributed by atoms with E-state index >= 15 is 0 Å². The third-order valence-electron chi connectivity index (χ3n) is 4.51. The second kappa shape index (κ2) is 7.14. The fraction of sp³-hybridized carbons (Fsp3) is 0.625. The third-order valence-corrected chi connectivity index (χ3v) is 4.51. The molecule has 1 saturated heterocycles. The molecule has 0 bridgehead atoms. The van der Waals surface area contributed by atoms with E-state index in [1.165, 1.54) is 0 Å². The average Bonchev–Trinajstić information content (AvgIpc) is 2.58. The molecule has 23 heavy (non-hydrogen) atoms. The minimum absolute atomic E-state index is 0.115. The number of carbonyl (C=O) groups excluding carboxylic acids is 1. The number of rotatable bonds is 5. The zero-order valence-corrected chi connectivity index (χ0v) is 13.6. The summed E-state index contributed by atoms with van der Waals surface area (Å²) in [7, 11) is 0. The minimum atomic E-state index is -0.155. The topological polar surface area (TPSA) is 71.4 Å². The number of piperazine rings is 1. The molecule has 1 amide bonds. The van der Waals surface area contributed by atoms with Crippen molar-refractivity contribution in [3.63, 3.8) is 0 Å². The first-order chi connectivity index (χ1) is 11.2. The first-order valence-electron chi connectivity index (χ1n) is 8.33. The Morgan fingerprint density at radius 3 is 2.74 bits per heavy atom. The van der Waals surface area contributed by atoms with Crippen molar-refractivity contribution in [3.8, 4) is 0 Å². The van der Waals surface area contributed by atoms with Crippen LogP contribution in [0.5, 0.6) is 0 Å². The van der Waals surface area contributed by atoms with Gasteiger partial charge in [0.05, 0.1) is 18.5 Å². The summed E-state index contributed by atoms with van der Waals surface area (Å²) < 4.78 is 0. The lowest BCUT2D eigenvalue weighted by atomic mass is 10.1. The first-order valence-corrected chi connectivity index (χ1v) is 8.33. The number of aliphatic imine (C=N–C) groups is 1. The van der Waals surface area contributed by atoms with Gasteiger partial charge >= 0.3 is 0 Å². The summed E-state index contributed by atoms with van der Waals surface area (Å²) in [5, 5.41) is 12.5. The van der Waals surface area contributed by atoms with E-state index in [1.54, 1.807) is 6.34 Å². The molecule has 0 aromatic rings. The van der Waals surface area contributed by atoms with E-state index in [0.717, 1.165) is 51.5 Å². The summed E-state index contributed by atoms with van der Waals surface area (Å²) in [6, 6.07) is 0. The van der Waals surface area contributed by atoms with Crippen LogP contribution < -0.4 is 5.32 Å². The maximum atomic E-state index is 12.0. The Morgan fingerprint density at radius 2 is 2.04 bits per heavy atom. The molecule has 0 aliphatic carbocycles. The molecule has 126 valence electrons. The van der Waals surface area contributed by atoms with E-state index < -0.39 is 0 Å². The summed E-state index contributed by atoms with van der Waals surface area (Å²) in [5.74, 6) is 0.907. The van der Waals surface area contributed by atoms with Crippen LogP contribution in [-0.2, 0) is 4.79 Å². The number of aliphatic hydroxyl groups excluding tert-OH is 1. The number of aliphatic hydroxyl groups is 1. The van der Waals surface area contributed by atoms with Gasteiger partial charge in [0.15, 0.2) is 0 Å². The van der Waals surface area contributed by atoms with E-state index in [2.05, 4.69) is 31.9 Å². The summed E-state index contributed by atoms with van der Waals surface area (Å²) in [6.45, 7) is 7.66. The van der Waals surface area contributed by atoms with Gasteiger partial charge in [-0.05, 0) is 18.6 Å². The van der Waals surface area contributed by atoms with Crippen molar-refractivity contribution in [2.24, 2.45) is 4.99 Å². The van der Waals surface area contributed by atoms with E-state index in [-0.39, 0.29) is 18.7 Å². The number of allylic oxidation sites excluding steroid dienone is 2. The predicted octanol–water partition coefficient (Wildman–Crippen LogP) is -0.426. The number of dihydropyridines is 1. The molecule has 3 heterocycles. The molecular formula is C16H25N5O2. The molecular weight excluding hydrogens is 294 g/mol. The van der Waals surface area contributed by atoms with E-state index in [9.17, 15) is 4.79 Å². The molecule has 3 aliphatic heterocycles. The number of fused-ring (bicyclic) bond motifs is 1. The number of β-amino-alcohol motifs (C(OH)–C–C–N with tert-alkyl or cyclic N) is 1. The predicted molar refractivity (Wildman–Crippen MR) is 88.7 cm³/mol. The van der Waals surface area contributed by atoms with Gasteiger partial charge in [0.25, 0.3) is 5.91 Å². The van der Waals surface area contributed by atoms with Gasteiger partial charge in [-0.1, -0.05) is 6.92 Å². The standard InChI is InChI=1S/C16H25N5O2/c1-2-5-21-12-17-16(23)13-3-4-14(18-15(13)21)20-8-6-19(7-9-20)10-11-22/h3-4,12,15,18,22H,2,5-11H2,1H3. The monoisotopic (exact) mass is 319 g/mol. The van der Waals surface area contributed by atoms with E-state index in [1.807, 2.05) is 12.2 Å². The zero-order chi connectivity index (χ0) is 16.2. The summed E-state index contributed by atoms with van der Waals surface area (Å²) >= 11 is 0. The normalized spacial score (nSPS) is 25.0. The Hall–Kier alpha value is -1.86. The number of hydrogen-bond donors (Lipinski definition) is 2. The van der Waals surface area contributed by atoms with Gasteiger partial charge in [-0.2, -0.15) is 4.99 Å². The summed E-state index contributed by atoms with van der Waals surface area (Å²) in [6.07, 6.45) is 6.43. The van der Waals surface area contributed by atoms with Gasteiger partial charge in [0, 0.05) is 39.3 Å². The van der Waals surface area contributed by atoms with Gasteiger partial charge in [0.2, 0.25) is 0 Å². The smallest absolute Gasteiger partial charge is 0.278 e. The van der Waals surface area contributed by atoms with Crippen LogP contribution in [0.1, 0.15) is 13.3 Å². The van der Waals surface area contributed by atoms with Gasteiger partial charge in [-0.25, -0.2) is 0 Å². The minimum Gasteiger partial charge on any atom is -0.395 e. The first kappa shape index (κ1) is 16.0. The van der Waals surface area contributed by atoms with Crippen LogP contribution in [0.3, 0.4) is 0 Å². The zero-order valence-electron chi connectivity index (χ0n) is 13.6. The molecule has 1 unspecified atom stereocenters. The maximum absolute atomic E-state index is 12.0. The lowest BCUT2D eigenvalue weighted by Gasteiger charge is -2.42. The fourth-order valence-electron chi connectivity index (χ4n) is 3.24. The van der Waals surface area contributed by atoms with Crippen LogP contribution in [0.2, 0.25) is 0 Å². The molecule has 0 aromatic heterocycles. The largest absolute Gasteiger partial charge is 0.395 e.